The molecule has 0 unspecified atom stereocenters. The molecule has 200 valence electrons. The number of aryl methyl sites for hydroxylation is 1. The summed E-state index contributed by atoms with van der Waals surface area (Å²) in [5.41, 5.74) is 1.45. The Morgan fingerprint density at radius 2 is 1.87 bits per heavy atom. The maximum atomic E-state index is 13.1. The molecule has 0 aliphatic rings. The van der Waals surface area contributed by atoms with Crippen molar-refractivity contribution in [3.63, 3.8) is 0 Å². The van der Waals surface area contributed by atoms with E-state index in [0.29, 0.717) is 27.2 Å². The highest BCUT2D eigenvalue weighted by molar-refractivity contribution is 7.92. The van der Waals surface area contributed by atoms with Crippen molar-refractivity contribution < 1.29 is 22.7 Å². The third kappa shape index (κ3) is 5.44. The fraction of sp³-hybridized carbons (Fsp3) is 0.148. The fourth-order valence-electron chi connectivity index (χ4n) is 3.91. The summed E-state index contributed by atoms with van der Waals surface area (Å²) >= 11 is 2.87. The topological polar surface area (TPSA) is 127 Å². The van der Waals surface area contributed by atoms with Gasteiger partial charge in [0.05, 0.1) is 23.0 Å². The molecule has 0 aliphatic heterocycles. The van der Waals surface area contributed by atoms with Crippen LogP contribution in [0.5, 0.6) is 5.75 Å². The van der Waals surface area contributed by atoms with E-state index in [1.807, 2.05) is 22.9 Å². The van der Waals surface area contributed by atoms with Crippen molar-refractivity contribution in [2.45, 2.75) is 24.8 Å². The maximum absolute atomic E-state index is 13.1. The Hall–Kier alpha value is -4.00. The molecular weight excluding hydrogens is 559 g/mol. The number of nitrogens with one attached hydrogen (secondary N) is 2. The van der Waals surface area contributed by atoms with E-state index in [4.69, 9.17) is 9.47 Å². The first-order valence-electron chi connectivity index (χ1n) is 11.7. The molecule has 12 heteroatoms. The average molecular weight is 582 g/mol. The molecule has 39 heavy (non-hydrogen) atoms. The lowest BCUT2D eigenvalue weighted by molar-refractivity contribution is 0.0319. The number of carbonyl (C=O) groups is 1. The largest absolute Gasteiger partial charge is 0.497 e. The second-order valence-corrected chi connectivity index (χ2v) is 12.1. The molecule has 0 amide bonds. The fourth-order valence-corrected chi connectivity index (χ4v) is 6.77. The number of H-pyrrole nitrogens is 1. The number of rotatable bonds is 8. The highest BCUT2D eigenvalue weighted by atomic mass is 32.2. The molecule has 2 aromatic carbocycles. The summed E-state index contributed by atoms with van der Waals surface area (Å²) in [5.74, 6) is 0.0437. The minimum absolute atomic E-state index is 0.0824. The maximum Gasteiger partial charge on any atom is 0.339 e. The number of methoxy groups -OCH3 is 1. The molecule has 0 spiro atoms. The second-order valence-electron chi connectivity index (χ2n) is 8.62. The van der Waals surface area contributed by atoms with E-state index < -0.39 is 22.1 Å². The molecule has 0 fully saturated rings. The monoisotopic (exact) mass is 581 g/mol. The number of hydrogen-bond acceptors (Lipinski definition) is 9. The lowest BCUT2D eigenvalue weighted by atomic mass is 10.1. The first-order valence-corrected chi connectivity index (χ1v) is 14.9. The van der Waals surface area contributed by atoms with Crippen LogP contribution in [0.2, 0.25) is 0 Å². The van der Waals surface area contributed by atoms with Gasteiger partial charge in [-0.2, -0.15) is 0 Å². The standard InChI is InChI=1S/C27H23N3O6S3/c1-15-6-11-19(39(33,34)30-17-7-9-18(35-3)10-8-17)13-20(15)27(32)36-16(2)24-28-25(31)23-21(14-38-26(23)29-24)22-5-4-12-37-22/h4-14,16,30H,1-3H3,(H,28,29,31)/t16-/m0/s1. The normalized spacial score (nSPS) is 12.3. The van der Waals surface area contributed by atoms with Crippen LogP contribution in [0.4, 0.5) is 5.69 Å². The van der Waals surface area contributed by atoms with Crippen LogP contribution in [0.1, 0.15) is 34.8 Å². The van der Waals surface area contributed by atoms with Gasteiger partial charge in [0.2, 0.25) is 0 Å². The number of fused-ring (bicyclic) bond motifs is 1. The van der Waals surface area contributed by atoms with Crippen LogP contribution in [0.15, 0.2) is 75.0 Å². The molecule has 3 heterocycles. The predicted molar refractivity (Wildman–Crippen MR) is 152 cm³/mol. The number of carbonyl (C=O) groups excluding carboxylic acids is 1. The van der Waals surface area contributed by atoms with Gasteiger partial charge in [0, 0.05) is 21.5 Å². The van der Waals surface area contributed by atoms with Crippen molar-refractivity contribution in [3.05, 3.63) is 92.7 Å². The van der Waals surface area contributed by atoms with Crippen molar-refractivity contribution >= 4 is 54.6 Å². The van der Waals surface area contributed by atoms with Crippen LogP contribution in [-0.4, -0.2) is 31.5 Å². The molecular formula is C27H23N3O6S3. The average Bonchev–Trinajstić information content (AvgIpc) is 3.59. The van der Waals surface area contributed by atoms with E-state index >= 15 is 0 Å². The van der Waals surface area contributed by atoms with Gasteiger partial charge < -0.3 is 14.5 Å². The minimum atomic E-state index is -3.99. The number of esters is 1. The highest BCUT2D eigenvalue weighted by Gasteiger charge is 2.23. The minimum Gasteiger partial charge on any atom is -0.497 e. The Labute approximate surface area is 232 Å². The summed E-state index contributed by atoms with van der Waals surface area (Å²) in [6.45, 7) is 3.27. The highest BCUT2D eigenvalue weighted by Crippen LogP contribution is 2.34. The molecule has 5 rings (SSSR count). The number of aromatic nitrogens is 2. The lowest BCUT2D eigenvalue weighted by Gasteiger charge is -2.15. The number of benzene rings is 2. The van der Waals surface area contributed by atoms with Crippen LogP contribution < -0.4 is 15.0 Å². The molecule has 0 saturated carbocycles. The van der Waals surface area contributed by atoms with Gasteiger partial charge in [-0.05, 0) is 67.3 Å². The molecule has 0 aliphatic carbocycles. The quantitative estimate of drug-likeness (QED) is 0.223. The van der Waals surface area contributed by atoms with Crippen molar-refractivity contribution in [1.82, 2.24) is 9.97 Å². The first-order chi connectivity index (χ1) is 18.7. The van der Waals surface area contributed by atoms with E-state index in [1.165, 1.54) is 48.0 Å². The summed E-state index contributed by atoms with van der Waals surface area (Å²) in [4.78, 5) is 34.7. The molecule has 1 atom stereocenters. The first kappa shape index (κ1) is 26.6. The van der Waals surface area contributed by atoms with Crippen molar-refractivity contribution in [2.24, 2.45) is 0 Å². The lowest BCUT2D eigenvalue weighted by Crippen LogP contribution is -2.18. The molecule has 3 aromatic heterocycles. The van der Waals surface area contributed by atoms with Crippen LogP contribution in [0.25, 0.3) is 20.7 Å². The third-order valence-electron chi connectivity index (χ3n) is 6.00. The van der Waals surface area contributed by atoms with Gasteiger partial charge in [0.1, 0.15) is 10.6 Å². The molecule has 2 N–H and O–H groups in total. The predicted octanol–water partition coefficient (Wildman–Crippen LogP) is 5.75. The number of hydrogen-bond donors (Lipinski definition) is 2. The van der Waals surface area contributed by atoms with Crippen molar-refractivity contribution in [3.8, 4) is 16.2 Å². The van der Waals surface area contributed by atoms with Crippen molar-refractivity contribution in [2.75, 3.05) is 11.8 Å². The Kier molecular flexibility index (Phi) is 7.25. The zero-order valence-electron chi connectivity index (χ0n) is 21.0. The summed E-state index contributed by atoms with van der Waals surface area (Å²) in [6.07, 6.45) is -0.890. The summed E-state index contributed by atoms with van der Waals surface area (Å²) < 4.78 is 39.2. The van der Waals surface area contributed by atoms with Gasteiger partial charge in [-0.15, -0.1) is 22.7 Å². The van der Waals surface area contributed by atoms with Crippen LogP contribution in [-0.2, 0) is 14.8 Å². The number of nitrogens with zero attached hydrogens (tertiary/aromatic N) is 1. The number of aromatic amines is 1. The summed E-state index contributed by atoms with van der Waals surface area (Å²) in [6, 6.07) is 14.5. The molecule has 0 radical (unpaired) electrons. The Morgan fingerprint density at radius 1 is 1.10 bits per heavy atom. The number of anilines is 1. The zero-order valence-corrected chi connectivity index (χ0v) is 23.5. The SMILES string of the molecule is COc1ccc(NS(=O)(=O)c2ccc(C)c(C(=O)O[C@@H](C)c3nc4scc(-c5cccs5)c4c(=O)[nH]3)c2)cc1. The summed E-state index contributed by atoms with van der Waals surface area (Å²) in [7, 11) is -2.47. The van der Waals surface area contributed by atoms with Crippen LogP contribution in [0, 0.1) is 6.92 Å². The third-order valence-corrected chi connectivity index (χ3v) is 9.15. The van der Waals surface area contributed by atoms with E-state index in [1.54, 1.807) is 38.1 Å². The Balaban J connectivity index is 1.37. The Morgan fingerprint density at radius 3 is 2.56 bits per heavy atom. The van der Waals surface area contributed by atoms with Gasteiger partial charge in [-0.1, -0.05) is 12.1 Å². The van der Waals surface area contributed by atoms with E-state index in [-0.39, 0.29) is 21.8 Å². The summed E-state index contributed by atoms with van der Waals surface area (Å²) in [5, 5.41) is 4.31. The number of thiophene rings is 2. The second kappa shape index (κ2) is 10.6. The zero-order chi connectivity index (χ0) is 27.7. The molecule has 0 bridgehead atoms. The molecule has 0 saturated heterocycles. The van der Waals surface area contributed by atoms with Crippen LogP contribution in [0.3, 0.4) is 0 Å². The smallest absolute Gasteiger partial charge is 0.339 e. The van der Waals surface area contributed by atoms with E-state index in [0.717, 1.165) is 10.4 Å². The molecule has 5 aromatic rings. The molecule has 9 nitrogen and oxygen atoms in total. The van der Waals surface area contributed by atoms with E-state index in [2.05, 4.69) is 14.7 Å². The van der Waals surface area contributed by atoms with Crippen molar-refractivity contribution in [1.29, 1.82) is 0 Å². The van der Waals surface area contributed by atoms with Gasteiger partial charge in [0.15, 0.2) is 11.9 Å². The van der Waals surface area contributed by atoms with Gasteiger partial charge in [-0.25, -0.2) is 18.2 Å². The van der Waals surface area contributed by atoms with Gasteiger partial charge in [0.25, 0.3) is 15.6 Å². The van der Waals surface area contributed by atoms with E-state index in [9.17, 15) is 18.0 Å². The van der Waals surface area contributed by atoms with Crippen LogP contribution >= 0.6 is 22.7 Å². The van der Waals surface area contributed by atoms with Gasteiger partial charge >= 0.3 is 5.97 Å². The number of ether oxygens (including phenoxy) is 2. The van der Waals surface area contributed by atoms with Gasteiger partial charge in [-0.3, -0.25) is 9.52 Å². The number of sulfonamides is 1. The Bertz CT molecular complexity index is 1830.